The summed E-state index contributed by atoms with van der Waals surface area (Å²) in [5.74, 6) is -0.819. The van der Waals surface area contributed by atoms with Gasteiger partial charge in [0.2, 0.25) is 5.91 Å². The molecule has 6 nitrogen and oxygen atoms in total. The van der Waals surface area contributed by atoms with Gasteiger partial charge in [0.05, 0.1) is 6.10 Å². The topological polar surface area (TPSA) is 93.5 Å². The zero-order valence-corrected chi connectivity index (χ0v) is 16.4. The van der Waals surface area contributed by atoms with Gasteiger partial charge in [0.15, 0.2) is 0 Å². The van der Waals surface area contributed by atoms with Crippen LogP contribution in [0.1, 0.15) is 43.0 Å². The predicted molar refractivity (Wildman–Crippen MR) is 104 cm³/mol. The smallest absolute Gasteiger partial charge is 0.251 e. The monoisotopic (exact) mass is 401 g/mol. The van der Waals surface area contributed by atoms with Crippen molar-refractivity contribution >= 4 is 24.2 Å². The molecule has 0 radical (unpaired) electrons. The van der Waals surface area contributed by atoms with Crippen LogP contribution in [-0.4, -0.2) is 43.7 Å². The number of nitrogens with two attached hydrogens (primary N) is 1. The summed E-state index contributed by atoms with van der Waals surface area (Å²) in [4.78, 5) is 24.2. The predicted octanol–water partition coefficient (Wildman–Crippen LogP) is 2.02. The molecule has 1 aliphatic carbocycles. The molecule has 4 N–H and O–H groups in total. The Morgan fingerprint density at radius 3 is 2.52 bits per heavy atom. The van der Waals surface area contributed by atoms with Crippen LogP contribution in [-0.2, 0) is 9.53 Å². The Labute approximate surface area is 165 Å². The molecule has 0 unspecified atom stereocenters. The third-order valence-electron chi connectivity index (χ3n) is 4.57. The van der Waals surface area contributed by atoms with E-state index in [0.29, 0.717) is 31.7 Å². The Morgan fingerprint density at radius 2 is 1.85 bits per heavy atom. The van der Waals surface area contributed by atoms with Crippen molar-refractivity contribution in [3.05, 3.63) is 35.6 Å². The van der Waals surface area contributed by atoms with Crippen molar-refractivity contribution in [1.82, 2.24) is 10.6 Å². The number of halogens is 2. The first-order valence-corrected chi connectivity index (χ1v) is 9.20. The second kappa shape index (κ2) is 11.9. The van der Waals surface area contributed by atoms with Crippen molar-refractivity contribution in [2.45, 2.75) is 44.8 Å². The molecule has 1 fully saturated rings. The molecule has 3 atom stereocenters. The Bertz CT molecular complexity index is 600. The molecule has 1 aromatic carbocycles. The Kier molecular flexibility index (Phi) is 10.3. The number of amides is 2. The molecule has 0 aromatic heterocycles. The molecule has 8 heteroatoms. The molecule has 1 aromatic rings. The summed E-state index contributed by atoms with van der Waals surface area (Å²) in [6.07, 6.45) is 3.01. The number of hydrogen-bond donors (Lipinski definition) is 3. The molecule has 0 saturated heterocycles. The highest BCUT2D eigenvalue weighted by Crippen LogP contribution is 2.26. The first-order valence-electron chi connectivity index (χ1n) is 9.20. The normalized spacial score (nSPS) is 21.8. The van der Waals surface area contributed by atoms with Crippen molar-refractivity contribution in [2.75, 3.05) is 19.7 Å². The fourth-order valence-electron chi connectivity index (χ4n) is 3.06. The zero-order chi connectivity index (χ0) is 18.9. The third kappa shape index (κ3) is 7.44. The minimum Gasteiger partial charge on any atom is -0.377 e. The maximum Gasteiger partial charge on any atom is 0.251 e. The van der Waals surface area contributed by atoms with Crippen LogP contribution in [0.5, 0.6) is 0 Å². The summed E-state index contributed by atoms with van der Waals surface area (Å²) < 4.78 is 18.6. The minimum absolute atomic E-state index is 0. The standard InChI is InChI=1S/C19H28FN3O3.ClH/c1-2-11-26-17-12-14(5-8-16(17)21)19(25)23-10-9-22-18(24)13-3-6-15(20)7-4-13;/h3-4,6-7,14,16-17H,2,5,8-12,21H2,1H3,(H,22,24)(H,23,25);1H/t14-,16+,17+;/m0./s1. The molecule has 0 heterocycles. The summed E-state index contributed by atoms with van der Waals surface area (Å²) in [6.45, 7) is 3.35. The SMILES string of the molecule is CCCO[C@@H]1C[C@@H](C(=O)NCCNC(=O)c2ccc(F)cc2)CC[C@H]1N.Cl. The van der Waals surface area contributed by atoms with E-state index in [9.17, 15) is 14.0 Å². The number of nitrogens with one attached hydrogen (secondary N) is 2. The Hall–Kier alpha value is -1.70. The third-order valence-corrected chi connectivity index (χ3v) is 4.57. The minimum atomic E-state index is -0.387. The van der Waals surface area contributed by atoms with Gasteiger partial charge < -0.3 is 21.1 Å². The first-order chi connectivity index (χ1) is 12.5. The van der Waals surface area contributed by atoms with Gasteiger partial charge in [0, 0.05) is 37.2 Å². The van der Waals surface area contributed by atoms with E-state index in [0.717, 1.165) is 19.3 Å². The molecule has 152 valence electrons. The van der Waals surface area contributed by atoms with Crippen LogP contribution >= 0.6 is 12.4 Å². The molecular weight excluding hydrogens is 373 g/mol. The van der Waals surface area contributed by atoms with E-state index in [1.165, 1.54) is 24.3 Å². The molecule has 1 saturated carbocycles. The molecule has 2 amide bonds. The lowest BCUT2D eigenvalue weighted by molar-refractivity contribution is -0.128. The molecule has 0 spiro atoms. The second-order valence-corrected chi connectivity index (χ2v) is 6.64. The summed E-state index contributed by atoms with van der Waals surface area (Å²) in [5, 5.41) is 5.55. The lowest BCUT2D eigenvalue weighted by atomic mass is 9.83. The van der Waals surface area contributed by atoms with E-state index in [1.54, 1.807) is 0 Å². The van der Waals surface area contributed by atoms with E-state index < -0.39 is 0 Å². The van der Waals surface area contributed by atoms with Crippen LogP contribution < -0.4 is 16.4 Å². The Balaban J connectivity index is 0.00000364. The fraction of sp³-hybridized carbons (Fsp3) is 0.579. The number of benzene rings is 1. The summed E-state index contributed by atoms with van der Waals surface area (Å²) in [7, 11) is 0. The average molecular weight is 402 g/mol. The van der Waals surface area contributed by atoms with Gasteiger partial charge >= 0.3 is 0 Å². The van der Waals surface area contributed by atoms with Gasteiger partial charge in [-0.05, 0) is 49.9 Å². The quantitative estimate of drug-likeness (QED) is 0.581. The first kappa shape index (κ1) is 23.3. The molecule has 0 bridgehead atoms. The highest BCUT2D eigenvalue weighted by Gasteiger charge is 2.32. The number of ether oxygens (including phenoxy) is 1. The van der Waals surface area contributed by atoms with Crippen molar-refractivity contribution < 1.29 is 18.7 Å². The van der Waals surface area contributed by atoms with Gasteiger partial charge in [-0.15, -0.1) is 12.4 Å². The molecular formula is C19H29ClFN3O3. The molecule has 1 aliphatic rings. The largest absolute Gasteiger partial charge is 0.377 e. The van der Waals surface area contributed by atoms with Gasteiger partial charge in [-0.3, -0.25) is 9.59 Å². The average Bonchev–Trinajstić information content (AvgIpc) is 2.64. The van der Waals surface area contributed by atoms with Crippen LogP contribution in [0.3, 0.4) is 0 Å². The lowest BCUT2D eigenvalue weighted by Gasteiger charge is -2.33. The van der Waals surface area contributed by atoms with Crippen LogP contribution in [0.2, 0.25) is 0 Å². The van der Waals surface area contributed by atoms with E-state index >= 15 is 0 Å². The summed E-state index contributed by atoms with van der Waals surface area (Å²) in [6, 6.07) is 5.31. The van der Waals surface area contributed by atoms with Gasteiger partial charge in [0.25, 0.3) is 5.91 Å². The summed E-state index contributed by atoms with van der Waals surface area (Å²) >= 11 is 0. The molecule has 2 rings (SSSR count). The van der Waals surface area contributed by atoms with Crippen molar-refractivity contribution in [1.29, 1.82) is 0 Å². The van der Waals surface area contributed by atoms with Crippen LogP contribution in [0.4, 0.5) is 4.39 Å². The number of carbonyl (C=O) groups excluding carboxylic acids is 2. The van der Waals surface area contributed by atoms with Crippen LogP contribution in [0, 0.1) is 11.7 Å². The zero-order valence-electron chi connectivity index (χ0n) is 15.6. The number of rotatable bonds is 8. The van der Waals surface area contributed by atoms with Crippen LogP contribution in [0.15, 0.2) is 24.3 Å². The van der Waals surface area contributed by atoms with E-state index in [4.69, 9.17) is 10.5 Å². The van der Waals surface area contributed by atoms with E-state index in [1.807, 2.05) is 6.92 Å². The fourth-order valence-corrected chi connectivity index (χ4v) is 3.06. The van der Waals surface area contributed by atoms with Gasteiger partial charge in [-0.1, -0.05) is 6.92 Å². The van der Waals surface area contributed by atoms with Crippen LogP contribution in [0.25, 0.3) is 0 Å². The van der Waals surface area contributed by atoms with E-state index in [-0.39, 0.29) is 48.1 Å². The number of carbonyl (C=O) groups is 2. The van der Waals surface area contributed by atoms with Gasteiger partial charge in [-0.2, -0.15) is 0 Å². The maximum atomic E-state index is 12.8. The Morgan fingerprint density at radius 1 is 1.19 bits per heavy atom. The lowest BCUT2D eigenvalue weighted by Crippen LogP contribution is -2.46. The van der Waals surface area contributed by atoms with Crippen molar-refractivity contribution in [3.63, 3.8) is 0 Å². The summed E-state index contributed by atoms with van der Waals surface area (Å²) in [5.41, 5.74) is 6.46. The highest BCUT2D eigenvalue weighted by atomic mass is 35.5. The molecule has 0 aliphatic heterocycles. The van der Waals surface area contributed by atoms with Gasteiger partial charge in [-0.25, -0.2) is 4.39 Å². The van der Waals surface area contributed by atoms with Crippen molar-refractivity contribution in [2.24, 2.45) is 11.7 Å². The molecule has 27 heavy (non-hydrogen) atoms. The van der Waals surface area contributed by atoms with E-state index in [2.05, 4.69) is 10.6 Å². The highest BCUT2D eigenvalue weighted by molar-refractivity contribution is 5.94. The maximum absolute atomic E-state index is 12.8. The van der Waals surface area contributed by atoms with Crippen molar-refractivity contribution in [3.8, 4) is 0 Å². The van der Waals surface area contributed by atoms with Gasteiger partial charge in [0.1, 0.15) is 5.82 Å². The number of hydrogen-bond acceptors (Lipinski definition) is 4. The second-order valence-electron chi connectivity index (χ2n) is 6.64.